The maximum Gasteiger partial charge on any atom is 0.191 e. The molecule has 2 aromatic heterocycles. The maximum absolute atomic E-state index is 5.59. The van der Waals surface area contributed by atoms with Crippen LogP contribution in [0.15, 0.2) is 11.2 Å². The third-order valence-electron chi connectivity index (χ3n) is 4.58. The van der Waals surface area contributed by atoms with Gasteiger partial charge in [-0.3, -0.25) is 0 Å². The van der Waals surface area contributed by atoms with Crippen LogP contribution in [-0.4, -0.2) is 33.2 Å². The van der Waals surface area contributed by atoms with Crippen LogP contribution in [0.2, 0.25) is 0 Å². The van der Waals surface area contributed by atoms with Gasteiger partial charge in [-0.1, -0.05) is 25.1 Å². The third-order valence-corrected chi connectivity index (χ3v) is 6.80. The fourth-order valence-corrected chi connectivity index (χ4v) is 5.10. The summed E-state index contributed by atoms with van der Waals surface area (Å²) in [4.78, 5) is 2.81. The van der Waals surface area contributed by atoms with Crippen molar-refractivity contribution in [3.63, 3.8) is 0 Å². The average Bonchev–Trinajstić information content (AvgIpc) is 3.14. The highest BCUT2D eigenvalue weighted by molar-refractivity contribution is 7.99. The second-order valence-corrected chi connectivity index (χ2v) is 8.91. The molecule has 1 aliphatic rings. The minimum absolute atomic E-state index is 0.282. The second-order valence-electron chi connectivity index (χ2n) is 6.71. The number of ether oxygens (including phenoxy) is 1. The van der Waals surface area contributed by atoms with E-state index in [1.165, 1.54) is 36.1 Å². The summed E-state index contributed by atoms with van der Waals surface area (Å²) in [5.74, 6) is 2.75. The number of aryl methyl sites for hydroxylation is 1. The highest BCUT2D eigenvalue weighted by Crippen LogP contribution is 2.37. The Hall–Kier alpha value is -0.850. The lowest BCUT2D eigenvalue weighted by Gasteiger charge is -2.19. The van der Waals surface area contributed by atoms with E-state index in [9.17, 15) is 0 Å². The largest absolute Gasteiger partial charge is 0.378 e. The molecule has 0 fully saturated rings. The summed E-state index contributed by atoms with van der Waals surface area (Å²) in [5.41, 5.74) is 1.54. The molecule has 0 saturated carbocycles. The van der Waals surface area contributed by atoms with E-state index >= 15 is 0 Å². The molecule has 2 heterocycles. The lowest BCUT2D eigenvalue weighted by Crippen LogP contribution is -2.10. The molecule has 0 N–H and O–H groups in total. The van der Waals surface area contributed by atoms with E-state index in [0.29, 0.717) is 0 Å². The molecule has 3 rings (SSSR count). The Morgan fingerprint density at radius 1 is 1.42 bits per heavy atom. The molecule has 24 heavy (non-hydrogen) atoms. The molecule has 1 aliphatic carbocycles. The zero-order valence-electron chi connectivity index (χ0n) is 15.0. The maximum atomic E-state index is 5.59. The first-order valence-electron chi connectivity index (χ1n) is 8.84. The molecule has 0 radical (unpaired) electrons. The van der Waals surface area contributed by atoms with Crippen molar-refractivity contribution in [2.75, 3.05) is 12.4 Å². The van der Waals surface area contributed by atoms with Gasteiger partial charge in [0.2, 0.25) is 0 Å². The van der Waals surface area contributed by atoms with Crippen molar-refractivity contribution < 1.29 is 4.74 Å². The normalized spacial score (nSPS) is 17.5. The summed E-state index contributed by atoms with van der Waals surface area (Å²) in [6, 6.07) is 2.35. The lowest BCUT2D eigenvalue weighted by atomic mass is 9.87. The molecule has 0 amide bonds. The van der Waals surface area contributed by atoms with Gasteiger partial charge in [0.25, 0.3) is 0 Å². The summed E-state index contributed by atoms with van der Waals surface area (Å²) in [6.07, 6.45) is 5.36. The third kappa shape index (κ3) is 4.03. The Morgan fingerprint density at radius 3 is 3.00 bits per heavy atom. The van der Waals surface area contributed by atoms with Gasteiger partial charge in [0.05, 0.1) is 17.6 Å². The molecule has 0 bridgehead atoms. The van der Waals surface area contributed by atoms with Gasteiger partial charge >= 0.3 is 0 Å². The predicted octanol–water partition coefficient (Wildman–Crippen LogP) is 4.58. The number of thioether (sulfide) groups is 1. The Kier molecular flexibility index (Phi) is 6.00. The van der Waals surface area contributed by atoms with E-state index in [-0.39, 0.29) is 6.10 Å². The van der Waals surface area contributed by atoms with E-state index in [2.05, 4.69) is 48.6 Å². The van der Waals surface area contributed by atoms with Crippen LogP contribution in [-0.2, 0) is 24.6 Å². The van der Waals surface area contributed by atoms with Crippen molar-refractivity contribution in [3.8, 4) is 10.7 Å². The van der Waals surface area contributed by atoms with Gasteiger partial charge < -0.3 is 9.30 Å². The van der Waals surface area contributed by atoms with Crippen LogP contribution in [0.3, 0.4) is 0 Å². The van der Waals surface area contributed by atoms with E-state index in [4.69, 9.17) is 4.74 Å². The number of rotatable bonds is 7. The molecular formula is C18H27N3OS2. The van der Waals surface area contributed by atoms with Crippen molar-refractivity contribution >= 4 is 23.1 Å². The molecule has 1 atom stereocenters. The topological polar surface area (TPSA) is 39.9 Å². The number of nitrogens with zero attached hydrogens (tertiary/aromatic N) is 3. The Bertz CT molecular complexity index is 678. The molecular weight excluding hydrogens is 338 g/mol. The summed E-state index contributed by atoms with van der Waals surface area (Å²) in [5, 5.41) is 9.79. The number of thiophene rings is 1. The monoisotopic (exact) mass is 365 g/mol. The first-order chi connectivity index (χ1) is 11.6. The van der Waals surface area contributed by atoms with Gasteiger partial charge in [0.1, 0.15) is 0 Å². The number of hydrogen-bond donors (Lipinski definition) is 0. The summed E-state index contributed by atoms with van der Waals surface area (Å²) >= 11 is 3.62. The van der Waals surface area contributed by atoms with E-state index in [1.54, 1.807) is 16.6 Å². The number of hydrogen-bond acceptors (Lipinski definition) is 5. The fraction of sp³-hybridized carbons (Fsp3) is 0.667. The van der Waals surface area contributed by atoms with Gasteiger partial charge in [0.15, 0.2) is 11.0 Å². The van der Waals surface area contributed by atoms with Crippen LogP contribution in [0.5, 0.6) is 0 Å². The minimum Gasteiger partial charge on any atom is -0.378 e. The molecule has 4 nitrogen and oxygen atoms in total. The molecule has 0 spiro atoms. The van der Waals surface area contributed by atoms with Crippen LogP contribution >= 0.6 is 23.1 Å². The quantitative estimate of drug-likeness (QED) is 0.532. The van der Waals surface area contributed by atoms with Crippen molar-refractivity contribution in [2.24, 2.45) is 13.0 Å². The van der Waals surface area contributed by atoms with E-state index in [1.807, 2.05) is 11.3 Å². The van der Waals surface area contributed by atoms with E-state index < -0.39 is 0 Å². The molecule has 132 valence electrons. The summed E-state index contributed by atoms with van der Waals surface area (Å²) < 4.78 is 7.71. The molecule has 0 aromatic carbocycles. The van der Waals surface area contributed by atoms with Crippen molar-refractivity contribution in [1.29, 1.82) is 0 Å². The summed E-state index contributed by atoms with van der Waals surface area (Å²) in [6.45, 7) is 7.17. The van der Waals surface area contributed by atoms with Crippen LogP contribution in [0.1, 0.15) is 44.1 Å². The standard InChI is InChI=1S/C18H27N3OS2/c1-5-13-6-7-15-14(10-13)11-16(24-15)17-19-20-18(21(17)4)23-9-8-22-12(2)3/h11-13H,5-10H2,1-4H3. The number of aromatic nitrogens is 3. The summed E-state index contributed by atoms with van der Waals surface area (Å²) in [7, 11) is 2.06. The second kappa shape index (κ2) is 8.02. The van der Waals surface area contributed by atoms with Crippen molar-refractivity contribution in [1.82, 2.24) is 14.8 Å². The lowest BCUT2D eigenvalue weighted by molar-refractivity contribution is 0.0920. The van der Waals surface area contributed by atoms with Gasteiger partial charge in [-0.15, -0.1) is 21.5 Å². The fourth-order valence-electron chi connectivity index (χ4n) is 3.13. The van der Waals surface area contributed by atoms with E-state index in [0.717, 1.165) is 29.3 Å². The first kappa shape index (κ1) is 18.0. The van der Waals surface area contributed by atoms with Crippen LogP contribution in [0.4, 0.5) is 0 Å². The average molecular weight is 366 g/mol. The number of fused-ring (bicyclic) bond motifs is 1. The highest BCUT2D eigenvalue weighted by atomic mass is 32.2. The smallest absolute Gasteiger partial charge is 0.191 e. The minimum atomic E-state index is 0.282. The zero-order valence-corrected chi connectivity index (χ0v) is 16.7. The molecule has 0 aliphatic heterocycles. The Morgan fingerprint density at radius 2 is 2.25 bits per heavy atom. The van der Waals surface area contributed by atoms with Gasteiger partial charge in [0, 0.05) is 17.7 Å². The Labute approximate surface area is 153 Å². The van der Waals surface area contributed by atoms with Crippen LogP contribution in [0, 0.1) is 5.92 Å². The van der Waals surface area contributed by atoms with Crippen molar-refractivity contribution in [3.05, 3.63) is 16.5 Å². The SMILES string of the molecule is CCC1CCc2sc(-c3nnc(SCCOC(C)C)n3C)cc2C1. The first-order valence-corrected chi connectivity index (χ1v) is 10.6. The Balaban J connectivity index is 1.69. The van der Waals surface area contributed by atoms with Crippen LogP contribution in [0.25, 0.3) is 10.7 Å². The molecule has 6 heteroatoms. The van der Waals surface area contributed by atoms with Gasteiger partial charge in [-0.25, -0.2) is 0 Å². The molecule has 0 saturated heterocycles. The van der Waals surface area contributed by atoms with Crippen LogP contribution < -0.4 is 0 Å². The molecule has 2 aromatic rings. The van der Waals surface area contributed by atoms with Crippen molar-refractivity contribution in [2.45, 2.75) is 57.7 Å². The predicted molar refractivity (Wildman–Crippen MR) is 102 cm³/mol. The zero-order chi connectivity index (χ0) is 17.1. The van der Waals surface area contributed by atoms with Gasteiger partial charge in [-0.2, -0.15) is 0 Å². The molecule has 1 unspecified atom stereocenters. The highest BCUT2D eigenvalue weighted by Gasteiger charge is 2.22. The van der Waals surface area contributed by atoms with Gasteiger partial charge in [-0.05, 0) is 50.7 Å².